The number of hydrazine groups is 1. The molecular formula is C19H28BrN3O5. The summed E-state index contributed by atoms with van der Waals surface area (Å²) < 4.78 is 13.4. The van der Waals surface area contributed by atoms with Gasteiger partial charge in [-0.15, -0.1) is 0 Å². The molecule has 1 aromatic rings. The Kier molecular flexibility index (Phi) is 7.14. The van der Waals surface area contributed by atoms with Gasteiger partial charge in [0.25, 0.3) is 5.56 Å². The fourth-order valence-electron chi connectivity index (χ4n) is 3.10. The minimum Gasteiger partial charge on any atom is -0.489 e. The second-order valence-electron chi connectivity index (χ2n) is 7.99. The maximum Gasteiger partial charge on any atom is 0.426 e. The molecule has 0 atom stereocenters. The minimum atomic E-state index is -0.648. The van der Waals surface area contributed by atoms with Crippen LogP contribution in [0.4, 0.5) is 4.79 Å². The van der Waals surface area contributed by atoms with Crippen molar-refractivity contribution in [2.75, 3.05) is 0 Å². The molecule has 0 aromatic carbocycles. The first kappa shape index (κ1) is 22.3. The fraction of sp³-hybridized carbons (Fsp3) is 0.632. The summed E-state index contributed by atoms with van der Waals surface area (Å²) in [5, 5.41) is 1.35. The molecule has 1 aromatic heterocycles. The molecule has 0 unspecified atom stereocenters. The zero-order chi connectivity index (χ0) is 21.1. The molecule has 1 aliphatic rings. The van der Waals surface area contributed by atoms with Gasteiger partial charge in [0.2, 0.25) is 5.91 Å². The van der Waals surface area contributed by atoms with Crippen LogP contribution in [0.3, 0.4) is 0 Å². The highest BCUT2D eigenvalue weighted by molar-refractivity contribution is 9.10. The second kappa shape index (κ2) is 8.98. The molecule has 28 heavy (non-hydrogen) atoms. The maximum atomic E-state index is 12.0. The standard InChI is InChI=1S/C19H28BrN3O5/c1-12(24)23(21-18(26)28-19(2,3)4)13-6-8-14(9-7-13)27-16-10-17(25)22(5)11-15(16)20/h10-11,13-14H,6-9H2,1-5H3,(H,21,26). The molecule has 1 N–H and O–H groups in total. The van der Waals surface area contributed by atoms with Crippen LogP contribution >= 0.6 is 15.9 Å². The van der Waals surface area contributed by atoms with Gasteiger partial charge in [0, 0.05) is 26.2 Å². The third-order valence-corrected chi connectivity index (χ3v) is 4.99. The van der Waals surface area contributed by atoms with Crippen LogP contribution in [-0.2, 0) is 16.6 Å². The van der Waals surface area contributed by atoms with Crippen LogP contribution in [0.1, 0.15) is 53.4 Å². The molecule has 0 radical (unpaired) electrons. The van der Waals surface area contributed by atoms with Crippen molar-refractivity contribution in [1.29, 1.82) is 0 Å². The number of carbonyl (C=O) groups excluding carboxylic acids is 2. The number of halogens is 1. The van der Waals surface area contributed by atoms with Crippen molar-refractivity contribution in [2.24, 2.45) is 7.05 Å². The van der Waals surface area contributed by atoms with Crippen molar-refractivity contribution in [1.82, 2.24) is 15.0 Å². The van der Waals surface area contributed by atoms with Gasteiger partial charge in [0.15, 0.2) is 0 Å². The molecule has 2 amide bonds. The molecule has 0 aliphatic heterocycles. The molecule has 2 rings (SSSR count). The normalized spacial score (nSPS) is 19.6. The van der Waals surface area contributed by atoms with E-state index in [9.17, 15) is 14.4 Å². The van der Waals surface area contributed by atoms with E-state index in [0.717, 1.165) is 0 Å². The Morgan fingerprint density at radius 3 is 2.39 bits per heavy atom. The first-order chi connectivity index (χ1) is 13.0. The van der Waals surface area contributed by atoms with Crippen LogP contribution in [0, 0.1) is 0 Å². The van der Waals surface area contributed by atoms with Gasteiger partial charge >= 0.3 is 6.09 Å². The summed E-state index contributed by atoms with van der Waals surface area (Å²) in [6.45, 7) is 6.71. The highest BCUT2D eigenvalue weighted by Gasteiger charge is 2.31. The number of aryl methyl sites for hydroxylation is 1. The maximum absolute atomic E-state index is 12.0. The van der Waals surface area contributed by atoms with Gasteiger partial charge in [0.05, 0.1) is 16.6 Å². The van der Waals surface area contributed by atoms with Gasteiger partial charge in [-0.1, -0.05) is 0 Å². The summed E-state index contributed by atoms with van der Waals surface area (Å²) >= 11 is 3.41. The number of hydrogen-bond acceptors (Lipinski definition) is 5. The minimum absolute atomic E-state index is 0.0602. The Labute approximate surface area is 173 Å². The van der Waals surface area contributed by atoms with Gasteiger partial charge in [-0.05, 0) is 62.4 Å². The number of nitrogens with one attached hydrogen (secondary N) is 1. The van der Waals surface area contributed by atoms with E-state index in [4.69, 9.17) is 9.47 Å². The lowest BCUT2D eigenvalue weighted by molar-refractivity contribution is -0.136. The van der Waals surface area contributed by atoms with E-state index in [1.807, 2.05) is 0 Å². The number of rotatable bonds is 3. The van der Waals surface area contributed by atoms with E-state index >= 15 is 0 Å². The fourth-order valence-corrected chi connectivity index (χ4v) is 3.61. The van der Waals surface area contributed by atoms with Gasteiger partial charge in [-0.25, -0.2) is 15.2 Å². The average Bonchev–Trinajstić information content (AvgIpc) is 2.56. The van der Waals surface area contributed by atoms with Crippen molar-refractivity contribution < 1.29 is 19.1 Å². The summed E-state index contributed by atoms with van der Waals surface area (Å²) in [7, 11) is 1.68. The number of carbonyl (C=O) groups is 2. The molecule has 0 bridgehead atoms. The Bertz CT molecular complexity index is 779. The van der Waals surface area contributed by atoms with Crippen molar-refractivity contribution in [3.8, 4) is 5.75 Å². The molecule has 0 saturated heterocycles. The van der Waals surface area contributed by atoms with Gasteiger partial charge in [-0.2, -0.15) is 0 Å². The van der Waals surface area contributed by atoms with E-state index in [1.54, 1.807) is 34.0 Å². The van der Waals surface area contributed by atoms with Crippen LogP contribution in [-0.4, -0.2) is 39.3 Å². The van der Waals surface area contributed by atoms with Crippen molar-refractivity contribution >= 4 is 27.9 Å². The zero-order valence-electron chi connectivity index (χ0n) is 17.0. The van der Waals surface area contributed by atoms with Crippen LogP contribution in [0.25, 0.3) is 0 Å². The number of aromatic nitrogens is 1. The van der Waals surface area contributed by atoms with Crippen LogP contribution in [0.15, 0.2) is 21.5 Å². The topological polar surface area (TPSA) is 89.9 Å². The first-order valence-electron chi connectivity index (χ1n) is 9.28. The van der Waals surface area contributed by atoms with E-state index in [2.05, 4.69) is 21.4 Å². The third kappa shape index (κ3) is 6.25. The Hall–Kier alpha value is -2.03. The molecule has 1 aliphatic carbocycles. The largest absolute Gasteiger partial charge is 0.489 e. The molecule has 9 heteroatoms. The average molecular weight is 458 g/mol. The molecule has 0 spiro atoms. The number of hydrogen-bond donors (Lipinski definition) is 1. The SMILES string of the molecule is CC(=O)N(NC(=O)OC(C)(C)C)C1CCC(Oc2cc(=O)n(C)cc2Br)CC1. The lowest BCUT2D eigenvalue weighted by Crippen LogP contribution is -2.53. The van der Waals surface area contributed by atoms with E-state index < -0.39 is 11.7 Å². The van der Waals surface area contributed by atoms with Crippen molar-refractivity contribution in [3.05, 3.63) is 27.1 Å². The molecule has 1 saturated carbocycles. The number of amides is 2. The molecule has 1 fully saturated rings. The van der Waals surface area contributed by atoms with Crippen LogP contribution in [0.2, 0.25) is 0 Å². The summed E-state index contributed by atoms with van der Waals surface area (Å²) in [6.07, 6.45) is 3.70. The monoisotopic (exact) mass is 457 g/mol. The lowest BCUT2D eigenvalue weighted by Gasteiger charge is -2.36. The van der Waals surface area contributed by atoms with E-state index in [1.165, 1.54) is 22.6 Å². The lowest BCUT2D eigenvalue weighted by atomic mass is 9.92. The van der Waals surface area contributed by atoms with Crippen molar-refractivity contribution in [3.63, 3.8) is 0 Å². The number of ether oxygens (including phenoxy) is 2. The van der Waals surface area contributed by atoms with Crippen LogP contribution < -0.4 is 15.7 Å². The summed E-state index contributed by atoms with van der Waals surface area (Å²) in [5.74, 6) is 0.270. The van der Waals surface area contributed by atoms with Gasteiger partial charge in [0.1, 0.15) is 11.4 Å². The number of nitrogens with zero attached hydrogens (tertiary/aromatic N) is 2. The number of pyridine rings is 1. The predicted octanol–water partition coefficient (Wildman–Crippen LogP) is 3.13. The highest BCUT2D eigenvalue weighted by Crippen LogP contribution is 2.29. The van der Waals surface area contributed by atoms with Crippen molar-refractivity contribution in [2.45, 2.75) is 71.1 Å². The van der Waals surface area contributed by atoms with Gasteiger partial charge in [-0.3, -0.25) is 9.59 Å². The summed E-state index contributed by atoms with van der Waals surface area (Å²) in [5.41, 5.74) is 1.78. The van der Waals surface area contributed by atoms with E-state index in [0.29, 0.717) is 35.9 Å². The highest BCUT2D eigenvalue weighted by atomic mass is 79.9. The molecule has 8 nitrogen and oxygen atoms in total. The summed E-state index contributed by atoms with van der Waals surface area (Å²) in [6, 6.07) is 1.33. The predicted molar refractivity (Wildman–Crippen MR) is 108 cm³/mol. The van der Waals surface area contributed by atoms with E-state index in [-0.39, 0.29) is 23.6 Å². The van der Waals surface area contributed by atoms with Gasteiger partial charge < -0.3 is 14.0 Å². The zero-order valence-corrected chi connectivity index (χ0v) is 18.5. The first-order valence-corrected chi connectivity index (χ1v) is 10.1. The quantitative estimate of drug-likeness (QED) is 0.704. The Balaban J connectivity index is 1.95. The molecule has 1 heterocycles. The smallest absolute Gasteiger partial charge is 0.426 e. The Morgan fingerprint density at radius 2 is 1.86 bits per heavy atom. The summed E-state index contributed by atoms with van der Waals surface area (Å²) in [4.78, 5) is 35.9. The third-order valence-electron chi connectivity index (χ3n) is 4.40. The molecule has 156 valence electrons. The molecular weight excluding hydrogens is 430 g/mol. The van der Waals surface area contributed by atoms with Crippen LogP contribution in [0.5, 0.6) is 5.75 Å². The Morgan fingerprint density at radius 1 is 1.25 bits per heavy atom. The second-order valence-corrected chi connectivity index (χ2v) is 8.84.